The Morgan fingerprint density at radius 3 is 2.59 bits per heavy atom. The zero-order valence-corrected chi connectivity index (χ0v) is 17.0. The van der Waals surface area contributed by atoms with E-state index in [0.717, 1.165) is 36.1 Å². The molecular weight excluding hydrogens is 406 g/mol. The van der Waals surface area contributed by atoms with Gasteiger partial charge in [-0.25, -0.2) is 0 Å². The second kappa shape index (κ2) is 9.04. The van der Waals surface area contributed by atoms with E-state index in [2.05, 4.69) is 33.5 Å². The van der Waals surface area contributed by atoms with Gasteiger partial charge in [-0.1, -0.05) is 25.1 Å². The first-order valence-corrected chi connectivity index (χ1v) is 10.00. The van der Waals surface area contributed by atoms with Crippen LogP contribution in [0.1, 0.15) is 30.1 Å². The fourth-order valence-electron chi connectivity index (χ4n) is 3.11. The lowest BCUT2D eigenvalue weighted by Gasteiger charge is -2.30. The minimum atomic E-state index is -0.165. The number of hydrogen-bond acceptors (Lipinski definition) is 3. The molecular formula is C21H24BrN3O2. The zero-order valence-electron chi connectivity index (χ0n) is 15.4. The van der Waals surface area contributed by atoms with Gasteiger partial charge in [0.25, 0.3) is 5.91 Å². The molecule has 2 aromatic carbocycles. The van der Waals surface area contributed by atoms with Crippen molar-refractivity contribution < 1.29 is 9.59 Å². The molecule has 0 aliphatic carbocycles. The van der Waals surface area contributed by atoms with Gasteiger partial charge in [0, 0.05) is 34.5 Å². The predicted octanol–water partition coefficient (Wildman–Crippen LogP) is 4.37. The normalized spacial score (nSPS) is 14.7. The van der Waals surface area contributed by atoms with Crippen molar-refractivity contribution in [1.29, 1.82) is 0 Å². The Morgan fingerprint density at radius 2 is 1.85 bits per heavy atom. The number of amides is 2. The highest BCUT2D eigenvalue weighted by Crippen LogP contribution is 2.21. The Hall–Kier alpha value is -2.34. The van der Waals surface area contributed by atoms with Crippen LogP contribution in [0, 0.1) is 5.92 Å². The molecule has 1 fully saturated rings. The Kier molecular flexibility index (Phi) is 6.50. The number of para-hydroxylation sites is 1. The lowest BCUT2D eigenvalue weighted by atomic mass is 9.98. The van der Waals surface area contributed by atoms with Gasteiger partial charge >= 0.3 is 0 Å². The average Bonchev–Trinajstić information content (AvgIpc) is 2.67. The third-order valence-electron chi connectivity index (χ3n) is 4.78. The molecule has 0 spiro atoms. The molecule has 1 aliphatic heterocycles. The van der Waals surface area contributed by atoms with Gasteiger partial charge in [-0.2, -0.15) is 0 Å². The number of hydrogen-bond donors (Lipinski definition) is 2. The van der Waals surface area contributed by atoms with Crippen molar-refractivity contribution in [2.24, 2.45) is 5.92 Å². The highest BCUT2D eigenvalue weighted by Gasteiger charge is 2.21. The van der Waals surface area contributed by atoms with Crippen molar-refractivity contribution in [3.8, 4) is 0 Å². The van der Waals surface area contributed by atoms with Crippen molar-refractivity contribution in [2.45, 2.75) is 19.8 Å². The molecule has 0 radical (unpaired) electrons. The topological polar surface area (TPSA) is 61.4 Å². The van der Waals surface area contributed by atoms with Gasteiger partial charge in [0.05, 0.1) is 6.54 Å². The van der Waals surface area contributed by atoms with Crippen molar-refractivity contribution in [3.05, 3.63) is 58.6 Å². The number of nitrogens with zero attached hydrogens (tertiary/aromatic N) is 1. The standard InChI is InChI=1S/C21H24BrN3O2/c1-15-9-11-25(12-10-15)21(27)16-5-4-6-17(13-16)24-20(26)14-23-19-8-3-2-7-18(19)22/h2-8,13,15,23H,9-12,14H2,1H3,(H,24,26). The van der Waals surface area contributed by atoms with Gasteiger partial charge in [-0.3, -0.25) is 9.59 Å². The highest BCUT2D eigenvalue weighted by atomic mass is 79.9. The molecule has 27 heavy (non-hydrogen) atoms. The van der Waals surface area contributed by atoms with Crippen LogP contribution in [-0.2, 0) is 4.79 Å². The van der Waals surface area contributed by atoms with Crippen LogP contribution in [0.4, 0.5) is 11.4 Å². The third-order valence-corrected chi connectivity index (χ3v) is 5.47. The molecule has 0 saturated carbocycles. The summed E-state index contributed by atoms with van der Waals surface area (Å²) in [6, 6.07) is 14.8. The van der Waals surface area contributed by atoms with Gasteiger partial charge < -0.3 is 15.5 Å². The van der Waals surface area contributed by atoms with Crippen LogP contribution in [-0.4, -0.2) is 36.3 Å². The summed E-state index contributed by atoms with van der Waals surface area (Å²) < 4.78 is 0.904. The van der Waals surface area contributed by atoms with E-state index in [1.165, 1.54) is 0 Å². The Labute approximate surface area is 168 Å². The quantitative estimate of drug-likeness (QED) is 0.741. The first-order valence-electron chi connectivity index (χ1n) is 9.20. The number of carbonyl (C=O) groups is 2. The van der Waals surface area contributed by atoms with Gasteiger partial charge in [0.2, 0.25) is 5.91 Å². The predicted molar refractivity (Wildman–Crippen MR) is 112 cm³/mol. The number of benzene rings is 2. The zero-order chi connectivity index (χ0) is 19.2. The highest BCUT2D eigenvalue weighted by molar-refractivity contribution is 9.10. The van der Waals surface area contributed by atoms with Crippen molar-refractivity contribution in [3.63, 3.8) is 0 Å². The van der Waals surface area contributed by atoms with Crippen molar-refractivity contribution >= 4 is 39.1 Å². The van der Waals surface area contributed by atoms with Gasteiger partial charge in [0.1, 0.15) is 0 Å². The summed E-state index contributed by atoms with van der Waals surface area (Å²) in [4.78, 5) is 26.8. The van der Waals surface area contributed by atoms with Crippen LogP contribution in [0.5, 0.6) is 0 Å². The molecule has 0 bridgehead atoms. The smallest absolute Gasteiger partial charge is 0.253 e. The maximum atomic E-state index is 12.7. The van der Waals surface area contributed by atoms with E-state index in [-0.39, 0.29) is 18.4 Å². The summed E-state index contributed by atoms with van der Waals surface area (Å²) in [6.07, 6.45) is 2.09. The lowest BCUT2D eigenvalue weighted by Crippen LogP contribution is -2.37. The summed E-state index contributed by atoms with van der Waals surface area (Å²) in [5.74, 6) is 0.545. The SMILES string of the molecule is CC1CCN(C(=O)c2cccc(NC(=O)CNc3ccccc3Br)c2)CC1. The number of likely N-dealkylation sites (tertiary alicyclic amines) is 1. The molecule has 0 unspecified atom stereocenters. The summed E-state index contributed by atoms with van der Waals surface area (Å²) in [5, 5.41) is 5.94. The molecule has 1 saturated heterocycles. The largest absolute Gasteiger partial charge is 0.375 e. The third kappa shape index (κ3) is 5.32. The molecule has 2 N–H and O–H groups in total. The van der Waals surface area contributed by atoms with Crippen LogP contribution in [0.2, 0.25) is 0 Å². The number of piperidine rings is 1. The molecule has 1 heterocycles. The summed E-state index contributed by atoms with van der Waals surface area (Å²) in [6.45, 7) is 3.96. The summed E-state index contributed by atoms with van der Waals surface area (Å²) in [5.41, 5.74) is 2.10. The van der Waals surface area contributed by atoms with Gasteiger partial charge in [-0.15, -0.1) is 0 Å². The summed E-state index contributed by atoms with van der Waals surface area (Å²) in [7, 11) is 0. The molecule has 6 heteroatoms. The lowest BCUT2D eigenvalue weighted by molar-refractivity contribution is -0.114. The van der Waals surface area contributed by atoms with Crippen molar-refractivity contribution in [1.82, 2.24) is 4.90 Å². The number of rotatable bonds is 5. The van der Waals surface area contributed by atoms with Crippen LogP contribution >= 0.6 is 15.9 Å². The number of carbonyl (C=O) groups excluding carboxylic acids is 2. The van der Waals surface area contributed by atoms with Crippen LogP contribution in [0.15, 0.2) is 53.0 Å². The molecule has 5 nitrogen and oxygen atoms in total. The maximum absolute atomic E-state index is 12.7. The van der Waals surface area contributed by atoms with Gasteiger partial charge in [-0.05, 0) is 65.0 Å². The first-order chi connectivity index (χ1) is 13.0. The molecule has 142 valence electrons. The van der Waals surface area contributed by atoms with E-state index >= 15 is 0 Å². The van der Waals surface area contributed by atoms with E-state index in [1.54, 1.807) is 24.3 Å². The minimum absolute atomic E-state index is 0.0318. The fourth-order valence-corrected chi connectivity index (χ4v) is 3.53. The van der Waals surface area contributed by atoms with Gasteiger partial charge in [0.15, 0.2) is 0 Å². The van der Waals surface area contributed by atoms with Crippen LogP contribution in [0.25, 0.3) is 0 Å². The average molecular weight is 430 g/mol. The number of nitrogens with one attached hydrogen (secondary N) is 2. The molecule has 1 aliphatic rings. The van der Waals surface area contributed by atoms with Crippen LogP contribution < -0.4 is 10.6 Å². The molecule has 0 aromatic heterocycles. The Balaban J connectivity index is 1.57. The molecule has 2 aromatic rings. The first kappa shape index (κ1) is 19.4. The minimum Gasteiger partial charge on any atom is -0.375 e. The Bertz CT molecular complexity index is 817. The number of anilines is 2. The monoisotopic (exact) mass is 429 g/mol. The van der Waals surface area contributed by atoms with E-state index < -0.39 is 0 Å². The molecule has 0 atom stereocenters. The second-order valence-electron chi connectivity index (χ2n) is 6.94. The fraction of sp³-hybridized carbons (Fsp3) is 0.333. The van der Waals surface area contributed by atoms with E-state index in [0.29, 0.717) is 17.2 Å². The molecule has 2 amide bonds. The number of halogens is 1. The molecule has 3 rings (SSSR count). The maximum Gasteiger partial charge on any atom is 0.253 e. The summed E-state index contributed by atoms with van der Waals surface area (Å²) >= 11 is 3.44. The Morgan fingerprint density at radius 1 is 1.11 bits per heavy atom. The van der Waals surface area contributed by atoms with Crippen molar-refractivity contribution in [2.75, 3.05) is 30.3 Å². The van der Waals surface area contributed by atoms with E-state index in [1.807, 2.05) is 29.2 Å². The van der Waals surface area contributed by atoms with E-state index in [4.69, 9.17) is 0 Å². The van der Waals surface area contributed by atoms with E-state index in [9.17, 15) is 9.59 Å². The van der Waals surface area contributed by atoms with Crippen LogP contribution in [0.3, 0.4) is 0 Å². The second-order valence-corrected chi connectivity index (χ2v) is 7.79.